The average molecular weight is 282 g/mol. The number of rotatable bonds is 0. The quantitative estimate of drug-likeness (QED) is 0.683. The van der Waals surface area contributed by atoms with Gasteiger partial charge in [-0.2, -0.15) is 5.26 Å². The van der Waals surface area contributed by atoms with Crippen molar-refractivity contribution in [1.82, 2.24) is 4.57 Å². The lowest BCUT2D eigenvalue weighted by Crippen LogP contribution is -1.82. The highest BCUT2D eigenvalue weighted by Gasteiger charge is 2.05. The summed E-state index contributed by atoms with van der Waals surface area (Å²) in [7, 11) is 1.95. The second kappa shape index (κ2) is 3.04. The van der Waals surface area contributed by atoms with Crippen molar-refractivity contribution in [2.75, 3.05) is 0 Å². The summed E-state index contributed by atoms with van der Waals surface area (Å²) in [5.41, 5.74) is 1.85. The highest BCUT2D eigenvalue weighted by Crippen LogP contribution is 2.21. The fourth-order valence-corrected chi connectivity index (χ4v) is 1.94. The molecule has 13 heavy (non-hydrogen) atoms. The first-order valence-corrected chi connectivity index (χ1v) is 4.95. The third-order valence-corrected chi connectivity index (χ3v) is 2.74. The standard InChI is InChI=1S/C10H7IN2/c1-13-6-7(5-12)9-4-8(11)2-3-10(9)13/h2-4,6H,1H3. The van der Waals surface area contributed by atoms with Gasteiger partial charge in [-0.25, -0.2) is 0 Å². The van der Waals surface area contributed by atoms with E-state index >= 15 is 0 Å². The van der Waals surface area contributed by atoms with Crippen molar-refractivity contribution in [3.63, 3.8) is 0 Å². The molecule has 2 rings (SSSR count). The minimum Gasteiger partial charge on any atom is -0.349 e. The predicted molar refractivity (Wildman–Crippen MR) is 60.4 cm³/mol. The summed E-state index contributed by atoms with van der Waals surface area (Å²) in [4.78, 5) is 0. The zero-order valence-electron chi connectivity index (χ0n) is 7.08. The van der Waals surface area contributed by atoms with Gasteiger partial charge in [0.2, 0.25) is 0 Å². The van der Waals surface area contributed by atoms with Crippen molar-refractivity contribution in [3.05, 3.63) is 33.5 Å². The molecule has 0 fully saturated rings. The van der Waals surface area contributed by atoms with E-state index in [1.165, 1.54) is 0 Å². The van der Waals surface area contributed by atoms with Crippen molar-refractivity contribution in [1.29, 1.82) is 5.26 Å². The molecule has 0 radical (unpaired) electrons. The first kappa shape index (κ1) is 8.57. The second-order valence-corrected chi connectivity index (χ2v) is 4.17. The number of halogens is 1. The van der Waals surface area contributed by atoms with Gasteiger partial charge in [0, 0.05) is 27.7 Å². The van der Waals surface area contributed by atoms with Crippen molar-refractivity contribution < 1.29 is 0 Å². The van der Waals surface area contributed by atoms with Crippen LogP contribution in [0.4, 0.5) is 0 Å². The van der Waals surface area contributed by atoms with E-state index in [4.69, 9.17) is 5.26 Å². The summed E-state index contributed by atoms with van der Waals surface area (Å²) in [6.45, 7) is 0. The number of aryl methyl sites for hydroxylation is 1. The maximum Gasteiger partial charge on any atom is 0.101 e. The molecular weight excluding hydrogens is 275 g/mol. The van der Waals surface area contributed by atoms with Gasteiger partial charge in [0.05, 0.1) is 5.56 Å². The molecule has 2 aromatic rings. The van der Waals surface area contributed by atoms with Crippen molar-refractivity contribution in [3.8, 4) is 6.07 Å². The Morgan fingerprint density at radius 3 is 2.92 bits per heavy atom. The molecule has 0 saturated carbocycles. The summed E-state index contributed by atoms with van der Waals surface area (Å²) in [5.74, 6) is 0. The maximum atomic E-state index is 8.87. The van der Waals surface area contributed by atoms with Gasteiger partial charge in [-0.05, 0) is 40.8 Å². The predicted octanol–water partition coefficient (Wildman–Crippen LogP) is 2.65. The van der Waals surface area contributed by atoms with Gasteiger partial charge in [0.1, 0.15) is 6.07 Å². The second-order valence-electron chi connectivity index (χ2n) is 2.93. The molecule has 1 heterocycles. The summed E-state index contributed by atoms with van der Waals surface area (Å²) < 4.78 is 3.14. The molecule has 0 aliphatic carbocycles. The first-order chi connectivity index (χ1) is 6.22. The summed E-state index contributed by atoms with van der Waals surface area (Å²) in [6, 6.07) is 8.32. The number of aromatic nitrogens is 1. The molecule has 0 saturated heterocycles. The van der Waals surface area contributed by atoms with Gasteiger partial charge >= 0.3 is 0 Å². The molecule has 64 valence electrons. The Bertz CT molecular complexity index is 505. The van der Waals surface area contributed by atoms with E-state index in [1.54, 1.807) is 0 Å². The average Bonchev–Trinajstić information content (AvgIpc) is 2.42. The van der Waals surface area contributed by atoms with Gasteiger partial charge in [-0.1, -0.05) is 0 Å². The topological polar surface area (TPSA) is 28.7 Å². The van der Waals surface area contributed by atoms with E-state index in [0.717, 1.165) is 20.0 Å². The Morgan fingerprint density at radius 2 is 2.23 bits per heavy atom. The summed E-state index contributed by atoms with van der Waals surface area (Å²) in [5, 5.41) is 9.91. The van der Waals surface area contributed by atoms with Crippen LogP contribution >= 0.6 is 22.6 Å². The maximum absolute atomic E-state index is 8.87. The zero-order valence-corrected chi connectivity index (χ0v) is 9.24. The van der Waals surface area contributed by atoms with E-state index in [9.17, 15) is 0 Å². The van der Waals surface area contributed by atoms with Crippen LogP contribution in [0.1, 0.15) is 5.56 Å². The molecule has 2 nitrogen and oxygen atoms in total. The highest BCUT2D eigenvalue weighted by molar-refractivity contribution is 14.1. The largest absolute Gasteiger partial charge is 0.349 e. The Hall–Kier alpha value is -1.02. The fraction of sp³-hybridized carbons (Fsp3) is 0.100. The molecular formula is C10H7IN2. The molecule has 0 aliphatic rings. The van der Waals surface area contributed by atoms with E-state index in [1.807, 2.05) is 36.0 Å². The van der Waals surface area contributed by atoms with Gasteiger partial charge in [0.15, 0.2) is 0 Å². The summed E-state index contributed by atoms with van der Waals surface area (Å²) in [6.07, 6.45) is 1.86. The van der Waals surface area contributed by atoms with Crippen LogP contribution in [-0.4, -0.2) is 4.57 Å². The third kappa shape index (κ3) is 1.31. The molecule has 0 unspecified atom stereocenters. The lowest BCUT2D eigenvalue weighted by molar-refractivity contribution is 0.967. The van der Waals surface area contributed by atoms with Crippen LogP contribution in [0.3, 0.4) is 0 Å². The van der Waals surface area contributed by atoms with Crippen LogP contribution in [0.25, 0.3) is 10.9 Å². The number of fused-ring (bicyclic) bond motifs is 1. The Kier molecular flexibility index (Phi) is 2.00. The van der Waals surface area contributed by atoms with E-state index < -0.39 is 0 Å². The van der Waals surface area contributed by atoms with Crippen molar-refractivity contribution in [2.24, 2.45) is 7.05 Å². The lowest BCUT2D eigenvalue weighted by atomic mass is 10.2. The van der Waals surface area contributed by atoms with Gasteiger partial charge in [-0.3, -0.25) is 0 Å². The van der Waals surface area contributed by atoms with Crippen LogP contribution in [0, 0.1) is 14.9 Å². The van der Waals surface area contributed by atoms with Crippen molar-refractivity contribution in [2.45, 2.75) is 0 Å². The third-order valence-electron chi connectivity index (χ3n) is 2.07. The van der Waals surface area contributed by atoms with E-state index in [0.29, 0.717) is 0 Å². The number of hydrogen-bond acceptors (Lipinski definition) is 1. The summed E-state index contributed by atoms with van der Waals surface area (Å²) >= 11 is 2.25. The van der Waals surface area contributed by atoms with Crippen LogP contribution in [0.5, 0.6) is 0 Å². The van der Waals surface area contributed by atoms with Crippen LogP contribution in [0.2, 0.25) is 0 Å². The first-order valence-electron chi connectivity index (χ1n) is 3.87. The molecule has 0 atom stereocenters. The molecule has 0 amide bonds. The Morgan fingerprint density at radius 1 is 1.46 bits per heavy atom. The molecule has 0 bridgehead atoms. The smallest absolute Gasteiger partial charge is 0.101 e. The normalized spacial score (nSPS) is 10.2. The molecule has 0 spiro atoms. The van der Waals surface area contributed by atoms with Gasteiger partial charge < -0.3 is 4.57 Å². The van der Waals surface area contributed by atoms with Crippen LogP contribution < -0.4 is 0 Å². The van der Waals surface area contributed by atoms with E-state index in [-0.39, 0.29) is 0 Å². The monoisotopic (exact) mass is 282 g/mol. The van der Waals surface area contributed by atoms with Crippen LogP contribution in [0.15, 0.2) is 24.4 Å². The van der Waals surface area contributed by atoms with Crippen LogP contribution in [-0.2, 0) is 7.05 Å². The number of nitrogens with zero attached hydrogens (tertiary/aromatic N) is 2. The molecule has 1 aromatic heterocycles. The van der Waals surface area contributed by atoms with E-state index in [2.05, 4.69) is 28.7 Å². The molecule has 1 aromatic carbocycles. The molecule has 0 aliphatic heterocycles. The zero-order chi connectivity index (χ0) is 9.42. The number of benzene rings is 1. The fourth-order valence-electron chi connectivity index (χ4n) is 1.45. The Labute approximate surface area is 89.9 Å². The van der Waals surface area contributed by atoms with Gasteiger partial charge in [0.25, 0.3) is 0 Å². The SMILES string of the molecule is Cn1cc(C#N)c2cc(I)ccc21. The lowest BCUT2D eigenvalue weighted by Gasteiger charge is -1.95. The van der Waals surface area contributed by atoms with Gasteiger partial charge in [-0.15, -0.1) is 0 Å². The minimum absolute atomic E-state index is 0.746. The molecule has 3 heteroatoms. The highest BCUT2D eigenvalue weighted by atomic mass is 127. The number of hydrogen-bond donors (Lipinski definition) is 0. The van der Waals surface area contributed by atoms with Crippen molar-refractivity contribution >= 4 is 33.5 Å². The minimum atomic E-state index is 0.746. The molecule has 0 N–H and O–H groups in total. The number of nitriles is 1. The Balaban J connectivity index is 2.91.